The zero-order chi connectivity index (χ0) is 12.4. The third-order valence-electron chi connectivity index (χ3n) is 2.21. The molecular weight excluding hydrogens is 226 g/mol. The minimum Gasteiger partial charge on any atom is -0.373 e. The fourth-order valence-corrected chi connectivity index (χ4v) is 1.43. The first-order valence-corrected chi connectivity index (χ1v) is 4.88. The summed E-state index contributed by atoms with van der Waals surface area (Å²) in [7, 11) is 1.66. The Labute approximate surface area is 96.5 Å². The van der Waals surface area contributed by atoms with Gasteiger partial charge in [0.2, 0.25) is 5.95 Å². The molecule has 4 nitrogen and oxygen atoms in total. The van der Waals surface area contributed by atoms with Gasteiger partial charge in [0.15, 0.2) is 0 Å². The molecule has 2 rings (SSSR count). The van der Waals surface area contributed by atoms with E-state index in [-0.39, 0.29) is 11.5 Å². The van der Waals surface area contributed by atoms with Gasteiger partial charge < -0.3 is 11.1 Å². The number of halogens is 2. The number of hydrogen-bond acceptors (Lipinski definition) is 4. The maximum absolute atomic E-state index is 13.5. The summed E-state index contributed by atoms with van der Waals surface area (Å²) in [4.78, 5) is 7.79. The zero-order valence-electron chi connectivity index (χ0n) is 9.04. The van der Waals surface area contributed by atoms with Crippen molar-refractivity contribution in [2.75, 3.05) is 18.1 Å². The normalized spacial score (nSPS) is 10.3. The van der Waals surface area contributed by atoms with Crippen LogP contribution in [0.4, 0.5) is 20.5 Å². The van der Waals surface area contributed by atoms with Crippen LogP contribution in [0.1, 0.15) is 0 Å². The number of benzene rings is 1. The monoisotopic (exact) mass is 236 g/mol. The quantitative estimate of drug-likeness (QED) is 0.837. The molecule has 0 aliphatic heterocycles. The van der Waals surface area contributed by atoms with Crippen molar-refractivity contribution in [3.05, 3.63) is 35.9 Å². The lowest BCUT2D eigenvalue weighted by Crippen LogP contribution is -2.01. The highest BCUT2D eigenvalue weighted by Crippen LogP contribution is 2.23. The van der Waals surface area contributed by atoms with Crippen LogP contribution in [0.2, 0.25) is 0 Å². The van der Waals surface area contributed by atoms with Gasteiger partial charge in [0, 0.05) is 24.7 Å². The number of rotatable bonds is 2. The highest BCUT2D eigenvalue weighted by atomic mass is 19.1. The summed E-state index contributed by atoms with van der Waals surface area (Å²) >= 11 is 0. The van der Waals surface area contributed by atoms with Gasteiger partial charge in [-0.15, -0.1) is 0 Å². The summed E-state index contributed by atoms with van der Waals surface area (Å²) in [6.07, 6.45) is 0. The van der Waals surface area contributed by atoms with E-state index >= 15 is 0 Å². The average molecular weight is 236 g/mol. The Morgan fingerprint density at radius 2 is 1.94 bits per heavy atom. The van der Waals surface area contributed by atoms with Crippen LogP contribution in [-0.4, -0.2) is 17.0 Å². The predicted octanol–water partition coefficient (Wildman–Crippen LogP) is 2.05. The second kappa shape index (κ2) is 4.32. The van der Waals surface area contributed by atoms with E-state index in [2.05, 4.69) is 15.3 Å². The smallest absolute Gasteiger partial charge is 0.222 e. The number of hydrogen-bond donors (Lipinski definition) is 2. The van der Waals surface area contributed by atoms with Gasteiger partial charge in [-0.2, -0.15) is 4.98 Å². The molecule has 2 aromatic rings. The molecule has 0 fully saturated rings. The van der Waals surface area contributed by atoms with E-state index < -0.39 is 11.6 Å². The Hall–Kier alpha value is -2.24. The number of anilines is 2. The standard InChI is InChI=1S/C11H10F2N4/c1-15-10-5-9(16-11(14)17-10)7-3-2-6(12)4-8(7)13/h2-5H,1H3,(H3,14,15,16,17). The maximum atomic E-state index is 13.5. The van der Waals surface area contributed by atoms with Crippen molar-refractivity contribution in [3.63, 3.8) is 0 Å². The molecule has 0 saturated heterocycles. The van der Waals surface area contributed by atoms with E-state index in [1.807, 2.05) is 0 Å². The largest absolute Gasteiger partial charge is 0.373 e. The minimum atomic E-state index is -0.690. The van der Waals surface area contributed by atoms with Gasteiger partial charge in [-0.3, -0.25) is 0 Å². The summed E-state index contributed by atoms with van der Waals surface area (Å²) < 4.78 is 26.3. The van der Waals surface area contributed by atoms with Crippen molar-refractivity contribution < 1.29 is 8.78 Å². The Bertz CT molecular complexity index is 557. The summed E-state index contributed by atoms with van der Waals surface area (Å²) in [6, 6.07) is 4.81. The number of nitrogens with zero attached hydrogens (tertiary/aromatic N) is 2. The third kappa shape index (κ3) is 2.30. The molecule has 1 aromatic carbocycles. The second-order valence-electron chi connectivity index (χ2n) is 3.37. The van der Waals surface area contributed by atoms with Gasteiger partial charge in [0.05, 0.1) is 5.69 Å². The van der Waals surface area contributed by atoms with Crippen LogP contribution in [0, 0.1) is 11.6 Å². The molecule has 0 aliphatic carbocycles. The molecule has 3 N–H and O–H groups in total. The number of nitrogens with one attached hydrogen (secondary N) is 1. The number of nitrogen functional groups attached to an aromatic ring is 1. The molecule has 0 spiro atoms. The number of aromatic nitrogens is 2. The van der Waals surface area contributed by atoms with E-state index in [9.17, 15) is 8.78 Å². The maximum Gasteiger partial charge on any atom is 0.222 e. The summed E-state index contributed by atoms with van der Waals surface area (Å²) in [5.74, 6) is -0.834. The Kier molecular flexibility index (Phi) is 2.86. The molecule has 0 unspecified atom stereocenters. The summed E-state index contributed by atoms with van der Waals surface area (Å²) in [5, 5.41) is 2.78. The average Bonchev–Trinajstić information content (AvgIpc) is 2.28. The molecule has 0 saturated carbocycles. The van der Waals surface area contributed by atoms with Gasteiger partial charge in [-0.1, -0.05) is 0 Å². The van der Waals surface area contributed by atoms with Crippen LogP contribution in [0.15, 0.2) is 24.3 Å². The summed E-state index contributed by atoms with van der Waals surface area (Å²) in [6.45, 7) is 0. The van der Waals surface area contributed by atoms with Gasteiger partial charge in [-0.05, 0) is 12.1 Å². The van der Waals surface area contributed by atoms with Crippen LogP contribution in [0.3, 0.4) is 0 Å². The lowest BCUT2D eigenvalue weighted by molar-refractivity contribution is 0.585. The molecule has 0 atom stereocenters. The van der Waals surface area contributed by atoms with Crippen molar-refractivity contribution in [3.8, 4) is 11.3 Å². The van der Waals surface area contributed by atoms with Crippen LogP contribution >= 0.6 is 0 Å². The van der Waals surface area contributed by atoms with Crippen molar-refractivity contribution in [1.29, 1.82) is 0 Å². The van der Waals surface area contributed by atoms with Gasteiger partial charge in [0.1, 0.15) is 17.5 Å². The SMILES string of the molecule is CNc1cc(-c2ccc(F)cc2F)nc(N)n1. The molecular formula is C11H10F2N4. The summed E-state index contributed by atoms with van der Waals surface area (Å²) in [5.41, 5.74) is 5.98. The van der Waals surface area contributed by atoms with Gasteiger partial charge >= 0.3 is 0 Å². The van der Waals surface area contributed by atoms with Crippen LogP contribution in [0.25, 0.3) is 11.3 Å². The first kappa shape index (κ1) is 11.3. The Morgan fingerprint density at radius 1 is 1.18 bits per heavy atom. The molecule has 0 bridgehead atoms. The van der Waals surface area contributed by atoms with Gasteiger partial charge in [-0.25, -0.2) is 13.8 Å². The molecule has 1 aromatic heterocycles. The van der Waals surface area contributed by atoms with Crippen molar-refractivity contribution in [2.24, 2.45) is 0 Å². The van der Waals surface area contributed by atoms with Crippen molar-refractivity contribution in [2.45, 2.75) is 0 Å². The first-order chi connectivity index (χ1) is 8.10. The van der Waals surface area contributed by atoms with Crippen LogP contribution in [0.5, 0.6) is 0 Å². The highest BCUT2D eigenvalue weighted by molar-refractivity contribution is 5.64. The lowest BCUT2D eigenvalue weighted by Gasteiger charge is -2.06. The fraction of sp³-hybridized carbons (Fsp3) is 0.0909. The first-order valence-electron chi connectivity index (χ1n) is 4.88. The molecule has 0 amide bonds. The van der Waals surface area contributed by atoms with E-state index in [1.165, 1.54) is 12.1 Å². The predicted molar refractivity (Wildman–Crippen MR) is 61.3 cm³/mol. The minimum absolute atomic E-state index is 0.0237. The molecule has 88 valence electrons. The third-order valence-corrected chi connectivity index (χ3v) is 2.21. The molecule has 1 heterocycles. The Morgan fingerprint density at radius 3 is 2.59 bits per heavy atom. The van der Waals surface area contributed by atoms with Crippen molar-refractivity contribution >= 4 is 11.8 Å². The molecule has 6 heteroatoms. The van der Waals surface area contributed by atoms with Crippen LogP contribution in [-0.2, 0) is 0 Å². The Balaban J connectivity index is 2.55. The van der Waals surface area contributed by atoms with E-state index in [1.54, 1.807) is 7.05 Å². The molecule has 17 heavy (non-hydrogen) atoms. The lowest BCUT2D eigenvalue weighted by atomic mass is 10.1. The molecule has 0 radical (unpaired) electrons. The van der Waals surface area contributed by atoms with Crippen LogP contribution < -0.4 is 11.1 Å². The number of nitrogens with two attached hydrogens (primary N) is 1. The topological polar surface area (TPSA) is 63.8 Å². The molecule has 0 aliphatic rings. The second-order valence-corrected chi connectivity index (χ2v) is 3.37. The van der Waals surface area contributed by atoms with Crippen molar-refractivity contribution in [1.82, 2.24) is 9.97 Å². The van der Waals surface area contributed by atoms with E-state index in [0.29, 0.717) is 11.5 Å². The van der Waals surface area contributed by atoms with Gasteiger partial charge in [0.25, 0.3) is 0 Å². The highest BCUT2D eigenvalue weighted by Gasteiger charge is 2.09. The van der Waals surface area contributed by atoms with E-state index in [0.717, 1.165) is 12.1 Å². The fourth-order valence-electron chi connectivity index (χ4n) is 1.43. The van der Waals surface area contributed by atoms with E-state index in [4.69, 9.17) is 5.73 Å². The zero-order valence-corrected chi connectivity index (χ0v) is 9.04.